The molecule has 96 valence electrons. The monoisotopic (exact) mass is 240 g/mol. The number of hydrogen-bond donors (Lipinski definition) is 1. The summed E-state index contributed by atoms with van der Waals surface area (Å²) >= 11 is 0. The maximum Gasteiger partial charge on any atom is 0.324 e. The Morgan fingerprint density at radius 3 is 2.18 bits per heavy atom. The van der Waals surface area contributed by atoms with Crippen molar-refractivity contribution in [3.63, 3.8) is 0 Å². The Morgan fingerprint density at radius 2 is 1.65 bits per heavy atom. The van der Waals surface area contributed by atoms with E-state index in [1.54, 1.807) is 0 Å². The molecule has 0 bridgehead atoms. The third kappa shape index (κ3) is 4.84. The van der Waals surface area contributed by atoms with Gasteiger partial charge in [-0.2, -0.15) is 9.97 Å². The number of aromatic nitrogens is 3. The number of hydrogen-bond acceptors (Lipinski definition) is 6. The van der Waals surface area contributed by atoms with Crippen LogP contribution in [-0.2, 0) is 0 Å². The van der Waals surface area contributed by atoms with Crippen molar-refractivity contribution in [3.8, 4) is 12.0 Å². The molecule has 2 N–H and O–H groups in total. The molecule has 1 atom stereocenters. The highest BCUT2D eigenvalue weighted by Gasteiger charge is 2.10. The standard InChI is InChI=1S/C11H20N4O2/c1-5-6-8(4)17-11-14-9(12)13-10(15-11)16-7(2)3/h7-8H,5-6H2,1-4H3,(H2,12,13,14,15). The molecule has 0 aliphatic rings. The normalized spacial score (nSPS) is 12.5. The summed E-state index contributed by atoms with van der Waals surface area (Å²) in [5, 5.41) is 0. The van der Waals surface area contributed by atoms with Crippen molar-refractivity contribution in [1.82, 2.24) is 15.0 Å². The number of nitrogen functional groups attached to an aromatic ring is 1. The molecule has 0 aromatic carbocycles. The average molecular weight is 240 g/mol. The van der Waals surface area contributed by atoms with E-state index in [1.807, 2.05) is 20.8 Å². The Morgan fingerprint density at radius 1 is 1.06 bits per heavy atom. The Kier molecular flexibility index (Phi) is 4.93. The second-order valence-corrected chi connectivity index (χ2v) is 4.14. The first-order chi connectivity index (χ1) is 8.01. The first-order valence-corrected chi connectivity index (χ1v) is 5.86. The number of ether oxygens (including phenoxy) is 2. The Hall–Kier alpha value is -1.59. The number of rotatable bonds is 6. The molecular formula is C11H20N4O2. The zero-order chi connectivity index (χ0) is 12.8. The van der Waals surface area contributed by atoms with Crippen LogP contribution in [0.5, 0.6) is 12.0 Å². The Balaban J connectivity index is 2.74. The van der Waals surface area contributed by atoms with E-state index < -0.39 is 0 Å². The minimum Gasteiger partial charge on any atom is -0.461 e. The Labute approximate surface area is 102 Å². The predicted octanol–water partition coefficient (Wildman–Crippen LogP) is 1.81. The lowest BCUT2D eigenvalue weighted by atomic mass is 10.2. The SMILES string of the molecule is CCCC(C)Oc1nc(N)nc(OC(C)C)n1. The molecule has 17 heavy (non-hydrogen) atoms. The topological polar surface area (TPSA) is 83.2 Å². The van der Waals surface area contributed by atoms with Gasteiger partial charge >= 0.3 is 12.0 Å². The molecule has 0 saturated carbocycles. The first-order valence-electron chi connectivity index (χ1n) is 5.86. The van der Waals surface area contributed by atoms with E-state index in [-0.39, 0.29) is 30.2 Å². The zero-order valence-corrected chi connectivity index (χ0v) is 10.8. The third-order valence-corrected chi connectivity index (χ3v) is 1.95. The fraction of sp³-hybridized carbons (Fsp3) is 0.727. The maximum absolute atomic E-state index is 5.56. The summed E-state index contributed by atoms with van der Waals surface area (Å²) in [6.45, 7) is 7.84. The summed E-state index contributed by atoms with van der Waals surface area (Å²) in [6, 6.07) is 0.417. The van der Waals surface area contributed by atoms with Gasteiger partial charge in [-0.05, 0) is 27.2 Å². The van der Waals surface area contributed by atoms with Crippen LogP contribution < -0.4 is 15.2 Å². The van der Waals surface area contributed by atoms with Crippen LogP contribution in [-0.4, -0.2) is 27.2 Å². The van der Waals surface area contributed by atoms with E-state index in [0.29, 0.717) is 0 Å². The molecule has 0 spiro atoms. The third-order valence-electron chi connectivity index (χ3n) is 1.95. The molecule has 0 fully saturated rings. The molecule has 0 amide bonds. The van der Waals surface area contributed by atoms with Gasteiger partial charge in [0.05, 0.1) is 12.2 Å². The van der Waals surface area contributed by atoms with Gasteiger partial charge in [0.2, 0.25) is 5.95 Å². The van der Waals surface area contributed by atoms with Crippen molar-refractivity contribution >= 4 is 5.95 Å². The average Bonchev–Trinajstić information content (AvgIpc) is 2.14. The molecule has 0 aliphatic heterocycles. The van der Waals surface area contributed by atoms with E-state index in [2.05, 4.69) is 21.9 Å². The van der Waals surface area contributed by atoms with Gasteiger partial charge in [0.1, 0.15) is 0 Å². The van der Waals surface area contributed by atoms with Gasteiger partial charge in [0, 0.05) is 0 Å². The van der Waals surface area contributed by atoms with Crippen molar-refractivity contribution in [2.24, 2.45) is 0 Å². The summed E-state index contributed by atoms with van der Waals surface area (Å²) in [6.07, 6.45) is 2.01. The number of nitrogens with zero attached hydrogens (tertiary/aromatic N) is 3. The Bertz CT molecular complexity index is 357. The minimum absolute atomic E-state index is 0.0160. The fourth-order valence-electron chi connectivity index (χ4n) is 1.31. The second kappa shape index (κ2) is 6.22. The van der Waals surface area contributed by atoms with Crippen molar-refractivity contribution in [2.75, 3.05) is 5.73 Å². The van der Waals surface area contributed by atoms with Crippen LogP contribution in [0, 0.1) is 0 Å². The number of nitrogens with two attached hydrogens (primary N) is 1. The lowest BCUT2D eigenvalue weighted by Crippen LogP contribution is -2.16. The van der Waals surface area contributed by atoms with E-state index in [1.165, 1.54) is 0 Å². The van der Waals surface area contributed by atoms with Gasteiger partial charge in [-0.3, -0.25) is 0 Å². The van der Waals surface area contributed by atoms with Gasteiger partial charge in [0.15, 0.2) is 0 Å². The molecule has 1 unspecified atom stereocenters. The lowest BCUT2D eigenvalue weighted by Gasteiger charge is -2.13. The van der Waals surface area contributed by atoms with Gasteiger partial charge in [-0.1, -0.05) is 13.3 Å². The molecule has 6 heteroatoms. The van der Waals surface area contributed by atoms with Crippen LogP contribution in [0.25, 0.3) is 0 Å². The second-order valence-electron chi connectivity index (χ2n) is 4.14. The summed E-state index contributed by atoms with van der Waals surface area (Å²) < 4.78 is 10.9. The molecular weight excluding hydrogens is 220 g/mol. The largest absolute Gasteiger partial charge is 0.461 e. The number of anilines is 1. The van der Waals surface area contributed by atoms with Gasteiger partial charge in [-0.15, -0.1) is 4.98 Å². The predicted molar refractivity (Wildman–Crippen MR) is 65.0 cm³/mol. The van der Waals surface area contributed by atoms with E-state index in [4.69, 9.17) is 15.2 Å². The molecule has 0 aliphatic carbocycles. The molecule has 1 aromatic heterocycles. The van der Waals surface area contributed by atoms with Crippen LogP contribution in [0.4, 0.5) is 5.95 Å². The minimum atomic E-state index is -0.0160. The van der Waals surface area contributed by atoms with Gasteiger partial charge < -0.3 is 15.2 Å². The lowest BCUT2D eigenvalue weighted by molar-refractivity contribution is 0.180. The zero-order valence-electron chi connectivity index (χ0n) is 10.8. The van der Waals surface area contributed by atoms with E-state index in [9.17, 15) is 0 Å². The first kappa shape index (κ1) is 13.5. The molecule has 6 nitrogen and oxygen atoms in total. The summed E-state index contributed by atoms with van der Waals surface area (Å²) in [5.41, 5.74) is 5.56. The fourth-order valence-corrected chi connectivity index (χ4v) is 1.31. The van der Waals surface area contributed by atoms with Crippen molar-refractivity contribution in [1.29, 1.82) is 0 Å². The maximum atomic E-state index is 5.56. The molecule has 1 heterocycles. The molecule has 1 aromatic rings. The van der Waals surface area contributed by atoms with Crippen LogP contribution in [0.15, 0.2) is 0 Å². The van der Waals surface area contributed by atoms with Crippen molar-refractivity contribution in [3.05, 3.63) is 0 Å². The van der Waals surface area contributed by atoms with E-state index in [0.717, 1.165) is 12.8 Å². The van der Waals surface area contributed by atoms with Crippen LogP contribution in [0.2, 0.25) is 0 Å². The van der Waals surface area contributed by atoms with Gasteiger partial charge in [0.25, 0.3) is 0 Å². The molecule has 1 rings (SSSR count). The van der Waals surface area contributed by atoms with Crippen molar-refractivity contribution < 1.29 is 9.47 Å². The van der Waals surface area contributed by atoms with Gasteiger partial charge in [-0.25, -0.2) is 0 Å². The highest BCUT2D eigenvalue weighted by molar-refractivity contribution is 5.20. The van der Waals surface area contributed by atoms with Crippen LogP contribution in [0.1, 0.15) is 40.5 Å². The molecule has 0 radical (unpaired) electrons. The highest BCUT2D eigenvalue weighted by atomic mass is 16.5. The quantitative estimate of drug-likeness (QED) is 0.816. The highest BCUT2D eigenvalue weighted by Crippen LogP contribution is 2.14. The molecule has 0 saturated heterocycles. The van der Waals surface area contributed by atoms with Crippen LogP contribution in [0.3, 0.4) is 0 Å². The van der Waals surface area contributed by atoms with E-state index >= 15 is 0 Å². The van der Waals surface area contributed by atoms with Crippen LogP contribution >= 0.6 is 0 Å². The summed E-state index contributed by atoms with van der Waals surface area (Å²) in [4.78, 5) is 11.8. The van der Waals surface area contributed by atoms with Crippen molar-refractivity contribution in [2.45, 2.75) is 52.7 Å². The summed E-state index contributed by atoms with van der Waals surface area (Å²) in [5.74, 6) is 0.106. The summed E-state index contributed by atoms with van der Waals surface area (Å²) in [7, 11) is 0. The smallest absolute Gasteiger partial charge is 0.324 e.